The van der Waals surface area contributed by atoms with Crippen molar-refractivity contribution in [3.63, 3.8) is 0 Å². The molecule has 0 aliphatic carbocycles. The van der Waals surface area contributed by atoms with Gasteiger partial charge in [-0.1, -0.05) is 6.92 Å². The zero-order valence-electron chi connectivity index (χ0n) is 10.9. The maximum atomic E-state index is 13.2. The smallest absolute Gasteiger partial charge is 0.123 e. The summed E-state index contributed by atoms with van der Waals surface area (Å²) in [7, 11) is 0. The lowest BCUT2D eigenvalue weighted by Gasteiger charge is -2.40. The lowest BCUT2D eigenvalue weighted by Crippen LogP contribution is -2.49. The third-order valence-corrected chi connectivity index (χ3v) is 3.46. The Bertz CT molecular complexity index is 411. The Labute approximate surface area is 107 Å². The number of benzene rings is 1. The van der Waals surface area contributed by atoms with E-state index in [2.05, 4.69) is 11.8 Å². The minimum absolute atomic E-state index is 0.144. The van der Waals surface area contributed by atoms with E-state index in [4.69, 9.17) is 4.74 Å². The summed E-state index contributed by atoms with van der Waals surface area (Å²) in [5.41, 5.74) is 1.56. The first kappa shape index (κ1) is 13.3. The Morgan fingerprint density at radius 2 is 2.28 bits per heavy atom. The van der Waals surface area contributed by atoms with Gasteiger partial charge in [-0.2, -0.15) is 0 Å². The minimum Gasteiger partial charge on any atom is -0.392 e. The molecule has 3 nitrogen and oxygen atoms in total. The molecule has 18 heavy (non-hydrogen) atoms. The van der Waals surface area contributed by atoms with Crippen LogP contribution in [0, 0.1) is 5.82 Å². The first-order chi connectivity index (χ1) is 8.65. The molecule has 1 fully saturated rings. The number of aliphatic hydroxyl groups is 1. The van der Waals surface area contributed by atoms with E-state index in [0.29, 0.717) is 12.2 Å². The summed E-state index contributed by atoms with van der Waals surface area (Å²) in [6, 6.07) is 4.89. The van der Waals surface area contributed by atoms with Crippen molar-refractivity contribution in [1.82, 2.24) is 0 Å². The second-order valence-electron chi connectivity index (χ2n) is 4.79. The van der Waals surface area contributed by atoms with Gasteiger partial charge in [0, 0.05) is 17.8 Å². The van der Waals surface area contributed by atoms with Crippen LogP contribution in [0.25, 0.3) is 0 Å². The van der Waals surface area contributed by atoms with Gasteiger partial charge >= 0.3 is 0 Å². The highest BCUT2D eigenvalue weighted by atomic mass is 19.1. The van der Waals surface area contributed by atoms with E-state index in [-0.39, 0.29) is 24.6 Å². The Kier molecular flexibility index (Phi) is 4.19. The summed E-state index contributed by atoms with van der Waals surface area (Å²) < 4.78 is 18.9. The van der Waals surface area contributed by atoms with Gasteiger partial charge in [0.25, 0.3) is 0 Å². The molecule has 1 N–H and O–H groups in total. The number of anilines is 1. The van der Waals surface area contributed by atoms with Crippen LogP contribution in [-0.4, -0.2) is 30.4 Å². The van der Waals surface area contributed by atoms with Crippen molar-refractivity contribution in [2.75, 3.05) is 18.1 Å². The van der Waals surface area contributed by atoms with E-state index < -0.39 is 0 Å². The average molecular weight is 253 g/mol. The highest BCUT2D eigenvalue weighted by molar-refractivity contribution is 5.55. The van der Waals surface area contributed by atoms with E-state index >= 15 is 0 Å². The van der Waals surface area contributed by atoms with Crippen LogP contribution >= 0.6 is 0 Å². The highest BCUT2D eigenvalue weighted by Crippen LogP contribution is 2.27. The van der Waals surface area contributed by atoms with Crippen molar-refractivity contribution in [2.24, 2.45) is 0 Å². The van der Waals surface area contributed by atoms with Gasteiger partial charge in [-0.15, -0.1) is 0 Å². The molecular weight excluding hydrogens is 233 g/mol. The lowest BCUT2D eigenvalue weighted by atomic mass is 10.1. The fourth-order valence-corrected chi connectivity index (χ4v) is 2.44. The second kappa shape index (κ2) is 5.67. The molecule has 0 spiro atoms. The van der Waals surface area contributed by atoms with Crippen LogP contribution in [0.1, 0.15) is 25.8 Å². The van der Waals surface area contributed by atoms with Crippen molar-refractivity contribution in [2.45, 2.75) is 39.0 Å². The van der Waals surface area contributed by atoms with Gasteiger partial charge in [0.1, 0.15) is 5.82 Å². The molecule has 100 valence electrons. The minimum atomic E-state index is -0.308. The second-order valence-corrected chi connectivity index (χ2v) is 4.79. The topological polar surface area (TPSA) is 32.7 Å². The van der Waals surface area contributed by atoms with Gasteiger partial charge in [0.2, 0.25) is 0 Å². The van der Waals surface area contributed by atoms with Crippen LogP contribution < -0.4 is 4.90 Å². The van der Waals surface area contributed by atoms with E-state index in [9.17, 15) is 9.50 Å². The van der Waals surface area contributed by atoms with Gasteiger partial charge in [0.15, 0.2) is 0 Å². The zero-order valence-corrected chi connectivity index (χ0v) is 10.9. The summed E-state index contributed by atoms with van der Waals surface area (Å²) >= 11 is 0. The molecule has 1 heterocycles. The summed E-state index contributed by atoms with van der Waals surface area (Å²) in [6.45, 7) is 5.45. The first-order valence-corrected chi connectivity index (χ1v) is 6.43. The molecule has 0 radical (unpaired) electrons. The average Bonchev–Trinajstić information content (AvgIpc) is 2.38. The van der Waals surface area contributed by atoms with Gasteiger partial charge in [-0.25, -0.2) is 4.39 Å². The predicted molar refractivity (Wildman–Crippen MR) is 69.2 cm³/mol. The Morgan fingerprint density at radius 1 is 1.50 bits per heavy atom. The molecule has 1 aromatic rings. The summed E-state index contributed by atoms with van der Waals surface area (Å²) in [5.74, 6) is -0.308. The Balaban J connectivity index is 2.32. The van der Waals surface area contributed by atoms with Crippen molar-refractivity contribution in [3.8, 4) is 0 Å². The summed E-state index contributed by atoms with van der Waals surface area (Å²) in [5, 5.41) is 9.37. The molecule has 1 aromatic carbocycles. The molecule has 0 saturated carbocycles. The monoisotopic (exact) mass is 253 g/mol. The van der Waals surface area contributed by atoms with Crippen LogP contribution in [-0.2, 0) is 11.3 Å². The molecule has 4 heteroatoms. The standard InChI is InChI=1S/C14H20FNO2/c1-3-13-9-18-10(2)7-16(13)14-5-4-12(15)6-11(14)8-17/h4-6,10,13,17H,3,7-9H2,1-2H3. The van der Waals surface area contributed by atoms with Crippen LogP contribution in [0.2, 0.25) is 0 Å². The van der Waals surface area contributed by atoms with Crippen molar-refractivity contribution < 1.29 is 14.2 Å². The summed E-state index contributed by atoms with van der Waals surface area (Å²) in [6.07, 6.45) is 1.12. The maximum absolute atomic E-state index is 13.2. The van der Waals surface area contributed by atoms with Gasteiger partial charge in [-0.05, 0) is 31.5 Å². The Hall–Kier alpha value is -1.13. The number of hydrogen-bond donors (Lipinski definition) is 1. The molecule has 1 aliphatic heterocycles. The summed E-state index contributed by atoms with van der Waals surface area (Å²) in [4.78, 5) is 2.22. The number of ether oxygens (including phenoxy) is 1. The largest absolute Gasteiger partial charge is 0.392 e. The van der Waals surface area contributed by atoms with Crippen molar-refractivity contribution in [1.29, 1.82) is 0 Å². The normalized spacial score (nSPS) is 24.3. The van der Waals surface area contributed by atoms with Crippen LogP contribution in [0.3, 0.4) is 0 Å². The van der Waals surface area contributed by atoms with Gasteiger partial charge in [0.05, 0.1) is 25.4 Å². The highest BCUT2D eigenvalue weighted by Gasteiger charge is 2.27. The van der Waals surface area contributed by atoms with Crippen LogP contribution in [0.5, 0.6) is 0 Å². The fourth-order valence-electron chi connectivity index (χ4n) is 2.44. The van der Waals surface area contributed by atoms with Crippen molar-refractivity contribution >= 4 is 5.69 Å². The number of rotatable bonds is 3. The number of morpholine rings is 1. The molecule has 2 atom stereocenters. The third-order valence-electron chi connectivity index (χ3n) is 3.46. The molecule has 1 saturated heterocycles. The van der Waals surface area contributed by atoms with E-state index in [1.54, 1.807) is 6.07 Å². The molecule has 2 rings (SSSR count). The van der Waals surface area contributed by atoms with Crippen LogP contribution in [0.4, 0.5) is 10.1 Å². The van der Waals surface area contributed by atoms with E-state index in [1.165, 1.54) is 12.1 Å². The van der Waals surface area contributed by atoms with Crippen molar-refractivity contribution in [3.05, 3.63) is 29.6 Å². The quantitative estimate of drug-likeness (QED) is 0.897. The molecule has 0 bridgehead atoms. The maximum Gasteiger partial charge on any atom is 0.123 e. The van der Waals surface area contributed by atoms with E-state index in [1.807, 2.05) is 6.92 Å². The third kappa shape index (κ3) is 2.65. The Morgan fingerprint density at radius 3 is 2.94 bits per heavy atom. The number of hydrogen-bond acceptors (Lipinski definition) is 3. The molecule has 1 aliphatic rings. The number of nitrogens with zero attached hydrogens (tertiary/aromatic N) is 1. The molecule has 2 unspecified atom stereocenters. The predicted octanol–water partition coefficient (Wildman–Crippen LogP) is 2.32. The first-order valence-electron chi connectivity index (χ1n) is 6.43. The molecule has 0 aromatic heterocycles. The SMILES string of the molecule is CCC1COC(C)CN1c1ccc(F)cc1CO. The van der Waals surface area contributed by atoms with Crippen LogP contribution in [0.15, 0.2) is 18.2 Å². The van der Waals surface area contributed by atoms with E-state index in [0.717, 1.165) is 18.7 Å². The number of halogens is 1. The molecular formula is C14H20FNO2. The van der Waals surface area contributed by atoms with Gasteiger partial charge < -0.3 is 14.7 Å². The molecule has 0 amide bonds. The zero-order chi connectivity index (χ0) is 13.1. The fraction of sp³-hybridized carbons (Fsp3) is 0.571. The van der Waals surface area contributed by atoms with Gasteiger partial charge in [-0.3, -0.25) is 0 Å². The lowest BCUT2D eigenvalue weighted by molar-refractivity contribution is 0.0298. The number of aliphatic hydroxyl groups excluding tert-OH is 1.